The molecule has 1 rings (SSSR count). The van der Waals surface area contributed by atoms with E-state index in [0.29, 0.717) is 13.1 Å². The van der Waals surface area contributed by atoms with Gasteiger partial charge in [-0.25, -0.2) is 4.79 Å². The van der Waals surface area contributed by atoms with Crippen molar-refractivity contribution in [2.75, 3.05) is 13.1 Å². The SMILES string of the molecule is CC1CN(C(=O)NC(=O)CCC(=O)O)CC(C)(C)O1. The van der Waals surface area contributed by atoms with Crippen LogP contribution in [0, 0.1) is 0 Å². The summed E-state index contributed by atoms with van der Waals surface area (Å²) in [5.41, 5.74) is -0.459. The van der Waals surface area contributed by atoms with E-state index in [0.717, 1.165) is 0 Å². The molecule has 1 fully saturated rings. The quantitative estimate of drug-likeness (QED) is 0.783. The van der Waals surface area contributed by atoms with E-state index < -0.39 is 23.5 Å². The Kier molecular flexibility index (Phi) is 4.88. The number of carboxylic acid groups (broad SMARTS) is 1. The number of hydrogen-bond donors (Lipinski definition) is 2. The van der Waals surface area contributed by atoms with Gasteiger partial charge < -0.3 is 14.7 Å². The summed E-state index contributed by atoms with van der Waals surface area (Å²) in [6, 6.07) is -0.501. The predicted molar refractivity (Wildman–Crippen MR) is 66.6 cm³/mol. The van der Waals surface area contributed by atoms with Gasteiger partial charge in [-0.3, -0.25) is 14.9 Å². The van der Waals surface area contributed by atoms with E-state index in [9.17, 15) is 14.4 Å². The van der Waals surface area contributed by atoms with Gasteiger partial charge in [-0.05, 0) is 20.8 Å². The number of morpholine rings is 1. The van der Waals surface area contributed by atoms with Crippen molar-refractivity contribution in [1.29, 1.82) is 0 Å². The Bertz CT molecular complexity index is 380. The number of ether oxygens (including phenoxy) is 1. The predicted octanol–water partition coefficient (Wildman–Crippen LogP) is 0.587. The molecule has 1 aliphatic heterocycles. The molecule has 7 heteroatoms. The van der Waals surface area contributed by atoms with Gasteiger partial charge in [0.1, 0.15) is 0 Å². The van der Waals surface area contributed by atoms with Gasteiger partial charge in [0.05, 0.1) is 24.7 Å². The number of rotatable bonds is 3. The largest absolute Gasteiger partial charge is 0.481 e. The van der Waals surface area contributed by atoms with Gasteiger partial charge in [-0.15, -0.1) is 0 Å². The van der Waals surface area contributed by atoms with Crippen LogP contribution in [0.5, 0.6) is 0 Å². The molecule has 1 saturated heterocycles. The van der Waals surface area contributed by atoms with Crippen LogP contribution in [0.1, 0.15) is 33.6 Å². The Labute approximate surface area is 111 Å². The van der Waals surface area contributed by atoms with Crippen molar-refractivity contribution in [3.05, 3.63) is 0 Å². The van der Waals surface area contributed by atoms with Crippen molar-refractivity contribution in [2.24, 2.45) is 0 Å². The Morgan fingerprint density at radius 1 is 1.37 bits per heavy atom. The monoisotopic (exact) mass is 272 g/mol. The van der Waals surface area contributed by atoms with Crippen LogP contribution in [0.25, 0.3) is 0 Å². The minimum Gasteiger partial charge on any atom is -0.481 e. The summed E-state index contributed by atoms with van der Waals surface area (Å²) in [5, 5.41) is 10.6. The fraction of sp³-hybridized carbons (Fsp3) is 0.750. The molecule has 0 saturated carbocycles. The topological polar surface area (TPSA) is 95.9 Å². The molecule has 1 aliphatic rings. The molecule has 2 N–H and O–H groups in total. The van der Waals surface area contributed by atoms with Crippen molar-refractivity contribution < 1.29 is 24.2 Å². The van der Waals surface area contributed by atoms with Crippen LogP contribution in [-0.4, -0.2) is 52.7 Å². The maximum absolute atomic E-state index is 11.9. The summed E-state index contributed by atoms with van der Waals surface area (Å²) >= 11 is 0. The van der Waals surface area contributed by atoms with E-state index in [-0.39, 0.29) is 18.9 Å². The molecule has 0 radical (unpaired) electrons. The first-order valence-electron chi connectivity index (χ1n) is 6.18. The lowest BCUT2D eigenvalue weighted by atomic mass is 10.1. The van der Waals surface area contributed by atoms with Crippen LogP contribution < -0.4 is 5.32 Å². The lowest BCUT2D eigenvalue weighted by molar-refractivity contribution is -0.138. The smallest absolute Gasteiger partial charge is 0.324 e. The van der Waals surface area contributed by atoms with E-state index >= 15 is 0 Å². The molecule has 0 aromatic heterocycles. The third kappa shape index (κ3) is 5.25. The summed E-state index contributed by atoms with van der Waals surface area (Å²) in [7, 11) is 0. The Morgan fingerprint density at radius 2 is 2.00 bits per heavy atom. The van der Waals surface area contributed by atoms with Gasteiger partial charge in [-0.1, -0.05) is 0 Å². The summed E-state index contributed by atoms with van der Waals surface area (Å²) in [4.78, 5) is 35.1. The van der Waals surface area contributed by atoms with Crippen molar-refractivity contribution in [1.82, 2.24) is 10.2 Å². The number of hydrogen-bond acceptors (Lipinski definition) is 4. The molecule has 0 aromatic rings. The first-order valence-corrected chi connectivity index (χ1v) is 6.18. The second-order valence-electron chi connectivity index (χ2n) is 5.32. The fourth-order valence-electron chi connectivity index (χ4n) is 2.09. The highest BCUT2D eigenvalue weighted by molar-refractivity contribution is 5.95. The number of aliphatic carboxylic acids is 1. The number of carbonyl (C=O) groups excluding carboxylic acids is 2. The Hall–Kier alpha value is -1.63. The molecule has 108 valence electrons. The highest BCUT2D eigenvalue weighted by Gasteiger charge is 2.34. The van der Waals surface area contributed by atoms with E-state index in [1.54, 1.807) is 0 Å². The van der Waals surface area contributed by atoms with Crippen LogP contribution in [0.3, 0.4) is 0 Å². The molecule has 1 unspecified atom stereocenters. The highest BCUT2D eigenvalue weighted by Crippen LogP contribution is 2.20. The zero-order valence-electron chi connectivity index (χ0n) is 11.4. The molecule has 1 atom stereocenters. The third-order valence-electron chi connectivity index (χ3n) is 2.67. The van der Waals surface area contributed by atoms with Crippen LogP contribution in [-0.2, 0) is 14.3 Å². The van der Waals surface area contributed by atoms with E-state index in [4.69, 9.17) is 9.84 Å². The van der Waals surface area contributed by atoms with Crippen molar-refractivity contribution >= 4 is 17.9 Å². The first kappa shape index (κ1) is 15.4. The number of carboxylic acids is 1. The lowest BCUT2D eigenvalue weighted by Gasteiger charge is -2.41. The molecular formula is C12H20N2O5. The average molecular weight is 272 g/mol. The number of carbonyl (C=O) groups is 3. The fourth-order valence-corrected chi connectivity index (χ4v) is 2.09. The summed E-state index contributed by atoms with van der Waals surface area (Å²) in [5.74, 6) is -1.65. The van der Waals surface area contributed by atoms with Gasteiger partial charge in [0.25, 0.3) is 0 Å². The summed E-state index contributed by atoms with van der Waals surface area (Å²) < 4.78 is 5.65. The van der Waals surface area contributed by atoms with Gasteiger partial charge in [-0.2, -0.15) is 0 Å². The maximum atomic E-state index is 11.9. The maximum Gasteiger partial charge on any atom is 0.324 e. The van der Waals surface area contributed by atoms with Crippen molar-refractivity contribution in [3.8, 4) is 0 Å². The molecule has 0 aliphatic carbocycles. The zero-order chi connectivity index (χ0) is 14.6. The van der Waals surface area contributed by atoms with Gasteiger partial charge in [0, 0.05) is 13.0 Å². The Balaban J connectivity index is 2.48. The molecule has 19 heavy (non-hydrogen) atoms. The number of urea groups is 1. The minimum atomic E-state index is -1.07. The van der Waals surface area contributed by atoms with E-state index in [1.165, 1.54) is 4.90 Å². The first-order chi connectivity index (χ1) is 8.69. The van der Waals surface area contributed by atoms with Gasteiger partial charge >= 0.3 is 12.0 Å². The van der Waals surface area contributed by atoms with Gasteiger partial charge in [0.2, 0.25) is 5.91 Å². The van der Waals surface area contributed by atoms with Crippen LogP contribution in [0.4, 0.5) is 4.79 Å². The number of imide groups is 1. The molecule has 0 spiro atoms. The van der Waals surface area contributed by atoms with Crippen LogP contribution >= 0.6 is 0 Å². The number of nitrogens with zero attached hydrogens (tertiary/aromatic N) is 1. The summed E-state index contributed by atoms with van der Waals surface area (Å²) in [6.07, 6.45) is -0.599. The van der Waals surface area contributed by atoms with Crippen molar-refractivity contribution in [2.45, 2.75) is 45.3 Å². The Morgan fingerprint density at radius 3 is 2.53 bits per heavy atom. The van der Waals surface area contributed by atoms with Crippen LogP contribution in [0.15, 0.2) is 0 Å². The standard InChI is InChI=1S/C12H20N2O5/c1-8-6-14(7-12(2,3)19-8)11(18)13-9(15)4-5-10(16)17/h8H,4-7H2,1-3H3,(H,16,17)(H,13,15,18). The third-order valence-corrected chi connectivity index (χ3v) is 2.67. The average Bonchev–Trinajstić information content (AvgIpc) is 2.23. The second-order valence-corrected chi connectivity index (χ2v) is 5.32. The number of amides is 3. The number of nitrogens with one attached hydrogen (secondary N) is 1. The minimum absolute atomic E-state index is 0.108. The van der Waals surface area contributed by atoms with E-state index in [2.05, 4.69) is 5.32 Å². The normalized spacial score (nSPS) is 21.8. The molecular weight excluding hydrogens is 252 g/mol. The highest BCUT2D eigenvalue weighted by atomic mass is 16.5. The van der Waals surface area contributed by atoms with Gasteiger partial charge in [0.15, 0.2) is 0 Å². The van der Waals surface area contributed by atoms with Crippen LogP contribution in [0.2, 0.25) is 0 Å². The molecule has 3 amide bonds. The molecule has 1 heterocycles. The van der Waals surface area contributed by atoms with E-state index in [1.807, 2.05) is 20.8 Å². The van der Waals surface area contributed by atoms with Crippen molar-refractivity contribution in [3.63, 3.8) is 0 Å². The molecule has 7 nitrogen and oxygen atoms in total. The summed E-state index contributed by atoms with van der Waals surface area (Å²) in [6.45, 7) is 6.38. The lowest BCUT2D eigenvalue weighted by Crippen LogP contribution is -2.56. The molecule has 0 bridgehead atoms. The second kappa shape index (κ2) is 6.01. The molecule has 0 aromatic carbocycles. The zero-order valence-corrected chi connectivity index (χ0v) is 11.4.